The molecule has 0 bridgehead atoms. The number of hydrogen-bond acceptors (Lipinski definition) is 3. The van der Waals surface area contributed by atoms with E-state index in [4.69, 9.17) is 0 Å². The SMILES string of the molecule is C=CC[C@@H](O)[C@H](C)N1C(=O)c2ccccc2C1=O. The van der Waals surface area contributed by atoms with Crippen molar-refractivity contribution in [3.05, 3.63) is 48.0 Å². The van der Waals surface area contributed by atoms with E-state index in [9.17, 15) is 14.7 Å². The molecule has 18 heavy (non-hydrogen) atoms. The van der Waals surface area contributed by atoms with Gasteiger partial charge in [0.2, 0.25) is 0 Å². The van der Waals surface area contributed by atoms with Crippen molar-refractivity contribution in [3.8, 4) is 0 Å². The third-order valence-electron chi connectivity index (χ3n) is 3.20. The summed E-state index contributed by atoms with van der Waals surface area (Å²) in [6.07, 6.45) is 1.12. The number of aliphatic hydroxyl groups is 1. The molecule has 2 rings (SSSR count). The van der Waals surface area contributed by atoms with Crippen molar-refractivity contribution < 1.29 is 14.7 Å². The molecule has 1 aliphatic heterocycles. The van der Waals surface area contributed by atoms with Crippen LogP contribution in [0.1, 0.15) is 34.1 Å². The molecule has 94 valence electrons. The third kappa shape index (κ3) is 1.84. The van der Waals surface area contributed by atoms with E-state index in [2.05, 4.69) is 6.58 Å². The van der Waals surface area contributed by atoms with E-state index in [1.54, 1.807) is 37.3 Å². The van der Waals surface area contributed by atoms with Gasteiger partial charge in [-0.3, -0.25) is 14.5 Å². The molecule has 0 aromatic heterocycles. The van der Waals surface area contributed by atoms with E-state index >= 15 is 0 Å². The number of aliphatic hydroxyl groups excluding tert-OH is 1. The molecule has 1 heterocycles. The van der Waals surface area contributed by atoms with Gasteiger partial charge in [-0.25, -0.2) is 0 Å². The minimum atomic E-state index is -0.787. The van der Waals surface area contributed by atoms with E-state index < -0.39 is 12.1 Å². The van der Waals surface area contributed by atoms with Gasteiger partial charge in [-0.1, -0.05) is 18.2 Å². The Hall–Kier alpha value is -1.94. The van der Waals surface area contributed by atoms with Crippen LogP contribution in [0.15, 0.2) is 36.9 Å². The molecule has 1 aromatic carbocycles. The third-order valence-corrected chi connectivity index (χ3v) is 3.20. The number of carbonyl (C=O) groups is 2. The van der Waals surface area contributed by atoms with Crippen LogP contribution >= 0.6 is 0 Å². The van der Waals surface area contributed by atoms with Gasteiger partial charge in [0.25, 0.3) is 11.8 Å². The fourth-order valence-corrected chi connectivity index (χ4v) is 2.12. The fraction of sp³-hybridized carbons (Fsp3) is 0.286. The summed E-state index contributed by atoms with van der Waals surface area (Å²) >= 11 is 0. The maximum Gasteiger partial charge on any atom is 0.261 e. The zero-order valence-electron chi connectivity index (χ0n) is 10.2. The summed E-state index contributed by atoms with van der Waals surface area (Å²) in [6.45, 7) is 5.20. The highest BCUT2D eigenvalue weighted by atomic mass is 16.3. The van der Waals surface area contributed by atoms with E-state index in [1.165, 1.54) is 0 Å². The number of nitrogens with zero attached hydrogens (tertiary/aromatic N) is 1. The smallest absolute Gasteiger partial charge is 0.261 e. The largest absolute Gasteiger partial charge is 0.391 e. The van der Waals surface area contributed by atoms with Crippen molar-refractivity contribution >= 4 is 11.8 Å². The van der Waals surface area contributed by atoms with Gasteiger partial charge < -0.3 is 5.11 Å². The van der Waals surface area contributed by atoms with Gasteiger partial charge in [-0.15, -0.1) is 6.58 Å². The first-order chi connectivity index (χ1) is 8.57. The lowest BCUT2D eigenvalue weighted by molar-refractivity contribution is 0.0385. The molecule has 0 fully saturated rings. The molecule has 1 N–H and O–H groups in total. The molecule has 0 saturated heterocycles. The molecule has 0 radical (unpaired) electrons. The quantitative estimate of drug-likeness (QED) is 0.647. The molecule has 0 saturated carbocycles. The molecule has 4 nitrogen and oxygen atoms in total. The second kappa shape index (κ2) is 4.74. The summed E-state index contributed by atoms with van der Waals surface area (Å²) in [5.74, 6) is -0.683. The van der Waals surface area contributed by atoms with Crippen molar-refractivity contribution in [1.82, 2.24) is 4.90 Å². The predicted octanol–water partition coefficient (Wildman–Crippen LogP) is 1.61. The predicted molar refractivity (Wildman–Crippen MR) is 67.2 cm³/mol. The molecule has 1 aliphatic rings. The molecule has 0 unspecified atom stereocenters. The molecule has 2 atom stereocenters. The Morgan fingerprint density at radius 1 is 1.28 bits per heavy atom. The Balaban J connectivity index is 2.31. The summed E-state index contributed by atoms with van der Waals surface area (Å²) in [6, 6.07) is 6.14. The zero-order chi connectivity index (χ0) is 13.3. The molecule has 1 aromatic rings. The van der Waals surface area contributed by atoms with Gasteiger partial charge >= 0.3 is 0 Å². The maximum absolute atomic E-state index is 12.1. The monoisotopic (exact) mass is 245 g/mol. The van der Waals surface area contributed by atoms with Crippen LogP contribution in [-0.4, -0.2) is 34.0 Å². The minimum Gasteiger partial charge on any atom is -0.391 e. The number of amides is 2. The summed E-state index contributed by atoms with van der Waals surface area (Å²) in [5.41, 5.74) is 0.806. The first-order valence-corrected chi connectivity index (χ1v) is 5.83. The minimum absolute atomic E-state index is 0.341. The van der Waals surface area contributed by atoms with Gasteiger partial charge in [-0.2, -0.15) is 0 Å². The topological polar surface area (TPSA) is 57.6 Å². The summed E-state index contributed by atoms with van der Waals surface area (Å²) in [4.78, 5) is 25.4. The lowest BCUT2D eigenvalue weighted by Gasteiger charge is -2.26. The van der Waals surface area contributed by atoms with E-state index in [0.29, 0.717) is 17.5 Å². The second-order valence-electron chi connectivity index (χ2n) is 4.36. The van der Waals surface area contributed by atoms with Crippen molar-refractivity contribution in [1.29, 1.82) is 0 Å². The first kappa shape index (κ1) is 12.5. The Bertz CT molecular complexity index is 475. The van der Waals surface area contributed by atoms with Crippen molar-refractivity contribution in [3.63, 3.8) is 0 Å². The number of benzene rings is 1. The van der Waals surface area contributed by atoms with Crippen LogP contribution in [0.3, 0.4) is 0 Å². The Kier molecular flexibility index (Phi) is 3.30. The van der Waals surface area contributed by atoms with Gasteiger partial charge in [-0.05, 0) is 25.5 Å². The highest BCUT2D eigenvalue weighted by Gasteiger charge is 2.39. The fourth-order valence-electron chi connectivity index (χ4n) is 2.12. The second-order valence-corrected chi connectivity index (χ2v) is 4.36. The molecule has 4 heteroatoms. The molecule has 2 amide bonds. The van der Waals surface area contributed by atoms with Gasteiger partial charge in [0.15, 0.2) is 0 Å². The van der Waals surface area contributed by atoms with E-state index in [-0.39, 0.29) is 11.8 Å². The van der Waals surface area contributed by atoms with Crippen LogP contribution < -0.4 is 0 Å². The van der Waals surface area contributed by atoms with Crippen molar-refractivity contribution in [2.75, 3.05) is 0 Å². The number of rotatable bonds is 4. The van der Waals surface area contributed by atoms with Crippen LogP contribution in [0.5, 0.6) is 0 Å². The summed E-state index contributed by atoms with van der Waals surface area (Å²) in [5, 5.41) is 9.88. The Labute approximate surface area is 106 Å². The first-order valence-electron chi connectivity index (χ1n) is 5.83. The van der Waals surface area contributed by atoms with Gasteiger partial charge in [0.05, 0.1) is 23.3 Å². The van der Waals surface area contributed by atoms with E-state index in [1.807, 2.05) is 0 Å². The number of hydrogen-bond donors (Lipinski definition) is 1. The van der Waals surface area contributed by atoms with Crippen molar-refractivity contribution in [2.24, 2.45) is 0 Å². The van der Waals surface area contributed by atoms with Crippen molar-refractivity contribution in [2.45, 2.75) is 25.5 Å². The Morgan fingerprint density at radius 3 is 2.22 bits per heavy atom. The zero-order valence-corrected chi connectivity index (χ0v) is 10.2. The Morgan fingerprint density at radius 2 is 1.78 bits per heavy atom. The molecular formula is C14H15NO3. The molecule has 0 aliphatic carbocycles. The van der Waals surface area contributed by atoms with Crippen LogP contribution in [0.2, 0.25) is 0 Å². The number of fused-ring (bicyclic) bond motifs is 1. The summed E-state index contributed by atoms with van der Waals surface area (Å²) < 4.78 is 0. The van der Waals surface area contributed by atoms with Gasteiger partial charge in [0.1, 0.15) is 0 Å². The number of imide groups is 1. The van der Waals surface area contributed by atoms with Crippen LogP contribution in [-0.2, 0) is 0 Å². The van der Waals surface area contributed by atoms with Crippen LogP contribution in [0, 0.1) is 0 Å². The molecular weight excluding hydrogens is 230 g/mol. The van der Waals surface area contributed by atoms with Crippen LogP contribution in [0.25, 0.3) is 0 Å². The normalized spacial score (nSPS) is 17.6. The highest BCUT2D eigenvalue weighted by Crippen LogP contribution is 2.25. The number of carbonyl (C=O) groups excluding carboxylic acids is 2. The van der Waals surface area contributed by atoms with Gasteiger partial charge in [0, 0.05) is 0 Å². The summed E-state index contributed by atoms with van der Waals surface area (Å²) in [7, 11) is 0. The lowest BCUT2D eigenvalue weighted by atomic mass is 10.1. The highest BCUT2D eigenvalue weighted by molar-refractivity contribution is 6.21. The lowest BCUT2D eigenvalue weighted by Crippen LogP contribution is -2.44. The molecule has 0 spiro atoms. The average Bonchev–Trinajstić information content (AvgIpc) is 2.62. The average molecular weight is 245 g/mol. The van der Waals surface area contributed by atoms with Crippen LogP contribution in [0.4, 0.5) is 0 Å². The maximum atomic E-state index is 12.1. The van der Waals surface area contributed by atoms with E-state index in [0.717, 1.165) is 4.90 Å². The standard InChI is InChI=1S/C14H15NO3/c1-3-6-12(16)9(2)15-13(17)10-7-4-5-8-11(10)14(15)18/h3-5,7-9,12,16H,1,6H2,2H3/t9-,12+/m0/s1.